The summed E-state index contributed by atoms with van der Waals surface area (Å²) in [6.45, 7) is 2.20. The van der Waals surface area contributed by atoms with Gasteiger partial charge in [-0.15, -0.1) is 0 Å². The van der Waals surface area contributed by atoms with Gasteiger partial charge in [0, 0.05) is 10.8 Å². The minimum absolute atomic E-state index is 0.890. The quantitative estimate of drug-likeness (QED) is 0.125. The fourth-order valence-electron chi connectivity index (χ4n) is 10.5. The minimum Gasteiger partial charge on any atom is -0.456 e. The van der Waals surface area contributed by atoms with E-state index in [-0.39, 0.29) is 0 Å². The van der Waals surface area contributed by atoms with Crippen LogP contribution in [0, 0.1) is 6.92 Å². The van der Waals surface area contributed by atoms with Crippen molar-refractivity contribution in [2.75, 3.05) is 0 Å². The van der Waals surface area contributed by atoms with Crippen molar-refractivity contribution >= 4 is 75.8 Å². The van der Waals surface area contributed by atoms with E-state index in [4.69, 9.17) is 4.42 Å². The molecular formula is C61H38O. The number of rotatable bonds is 5. The van der Waals surface area contributed by atoms with Crippen LogP contribution in [0.2, 0.25) is 0 Å². The molecule has 1 heteroatoms. The lowest BCUT2D eigenvalue weighted by molar-refractivity contribution is 0.669. The molecule has 0 fully saturated rings. The number of hydrogen-bond donors (Lipinski definition) is 0. The molecule has 1 heterocycles. The number of fused-ring (bicyclic) bond motifs is 5. The summed E-state index contributed by atoms with van der Waals surface area (Å²) in [4.78, 5) is 0. The smallest absolute Gasteiger partial charge is 0.135 e. The van der Waals surface area contributed by atoms with Gasteiger partial charge in [0.05, 0.1) is 0 Å². The third kappa shape index (κ3) is 5.22. The Bertz CT molecular complexity index is 3850. The van der Waals surface area contributed by atoms with Gasteiger partial charge in [-0.2, -0.15) is 0 Å². The van der Waals surface area contributed by atoms with Crippen LogP contribution in [-0.2, 0) is 0 Å². The largest absolute Gasteiger partial charge is 0.456 e. The third-order valence-electron chi connectivity index (χ3n) is 13.2. The lowest BCUT2D eigenvalue weighted by atomic mass is 9.79. The van der Waals surface area contributed by atoms with Crippen LogP contribution in [0.15, 0.2) is 217 Å². The van der Waals surface area contributed by atoms with E-state index in [1.807, 2.05) is 6.07 Å². The molecule has 0 N–H and O–H groups in total. The van der Waals surface area contributed by atoms with Gasteiger partial charge in [-0.3, -0.25) is 0 Å². The number of aryl methyl sites for hydroxylation is 1. The van der Waals surface area contributed by atoms with E-state index in [1.54, 1.807) is 0 Å². The summed E-state index contributed by atoms with van der Waals surface area (Å²) in [7, 11) is 0. The van der Waals surface area contributed by atoms with Crippen LogP contribution >= 0.6 is 0 Å². The maximum Gasteiger partial charge on any atom is 0.135 e. The highest BCUT2D eigenvalue weighted by Crippen LogP contribution is 2.52. The molecule has 0 aliphatic carbocycles. The zero-order valence-corrected chi connectivity index (χ0v) is 34.1. The van der Waals surface area contributed by atoms with E-state index in [1.165, 1.54) is 109 Å². The summed E-state index contributed by atoms with van der Waals surface area (Å²) in [6.07, 6.45) is 0. The van der Waals surface area contributed by atoms with Crippen LogP contribution in [-0.4, -0.2) is 0 Å². The molecule has 13 aromatic rings. The van der Waals surface area contributed by atoms with Crippen LogP contribution in [0.25, 0.3) is 131 Å². The van der Waals surface area contributed by atoms with Gasteiger partial charge in [0.15, 0.2) is 0 Å². The second-order valence-corrected chi connectivity index (χ2v) is 16.8. The van der Waals surface area contributed by atoms with E-state index in [2.05, 4.69) is 213 Å². The number of hydrogen-bond acceptors (Lipinski definition) is 1. The summed E-state index contributed by atoms with van der Waals surface area (Å²) in [5, 5.41) is 14.9. The van der Waals surface area contributed by atoms with E-state index in [0.29, 0.717) is 0 Å². The van der Waals surface area contributed by atoms with Crippen molar-refractivity contribution in [2.24, 2.45) is 0 Å². The zero-order valence-electron chi connectivity index (χ0n) is 34.1. The lowest BCUT2D eigenvalue weighted by Gasteiger charge is -2.24. The topological polar surface area (TPSA) is 13.1 Å². The zero-order chi connectivity index (χ0) is 40.9. The van der Waals surface area contributed by atoms with Crippen molar-refractivity contribution in [3.05, 3.63) is 218 Å². The predicted molar refractivity (Wildman–Crippen MR) is 264 cm³/mol. The van der Waals surface area contributed by atoms with Crippen LogP contribution in [0.5, 0.6) is 0 Å². The summed E-state index contributed by atoms with van der Waals surface area (Å²) < 4.78 is 6.43. The van der Waals surface area contributed by atoms with Gasteiger partial charge in [0.1, 0.15) is 11.2 Å². The van der Waals surface area contributed by atoms with Gasteiger partial charge in [0.2, 0.25) is 0 Å². The SMILES string of the molecule is Cc1cccc(-c2cc(-c3ccc4ccc5cccc6ccc3c4c56)cc(-c3ccc4oc5ccccc5c4c3)c2-c2c3ccccc3c(-c3ccccc3)c3ccccc23)c1. The molecule has 12 aromatic carbocycles. The Kier molecular flexibility index (Phi) is 7.59. The highest BCUT2D eigenvalue weighted by Gasteiger charge is 2.25. The molecule has 0 saturated carbocycles. The maximum absolute atomic E-state index is 6.43. The minimum atomic E-state index is 0.890. The molecule has 288 valence electrons. The van der Waals surface area contributed by atoms with Crippen LogP contribution < -0.4 is 0 Å². The van der Waals surface area contributed by atoms with E-state index < -0.39 is 0 Å². The Labute approximate surface area is 359 Å². The van der Waals surface area contributed by atoms with E-state index >= 15 is 0 Å². The summed E-state index contributed by atoms with van der Waals surface area (Å²) in [5.74, 6) is 0. The summed E-state index contributed by atoms with van der Waals surface area (Å²) in [6, 6.07) is 78.6. The molecule has 0 atom stereocenters. The second kappa shape index (κ2) is 13.5. The molecule has 0 bridgehead atoms. The molecule has 0 radical (unpaired) electrons. The first kappa shape index (κ1) is 34.8. The van der Waals surface area contributed by atoms with Crippen molar-refractivity contribution in [3.63, 3.8) is 0 Å². The van der Waals surface area contributed by atoms with E-state index in [0.717, 1.165) is 27.5 Å². The van der Waals surface area contributed by atoms with Gasteiger partial charge in [0.25, 0.3) is 0 Å². The third-order valence-corrected chi connectivity index (χ3v) is 13.2. The normalized spacial score (nSPS) is 12.0. The Balaban J connectivity index is 1.22. The monoisotopic (exact) mass is 786 g/mol. The lowest BCUT2D eigenvalue weighted by Crippen LogP contribution is -1.97. The van der Waals surface area contributed by atoms with Crippen molar-refractivity contribution in [1.29, 1.82) is 0 Å². The first-order chi connectivity index (χ1) is 30.7. The molecule has 13 rings (SSSR count). The van der Waals surface area contributed by atoms with Gasteiger partial charge < -0.3 is 4.42 Å². The van der Waals surface area contributed by atoms with Crippen molar-refractivity contribution in [2.45, 2.75) is 6.92 Å². The molecule has 62 heavy (non-hydrogen) atoms. The average molecular weight is 787 g/mol. The molecule has 0 amide bonds. The van der Waals surface area contributed by atoms with Crippen molar-refractivity contribution in [1.82, 2.24) is 0 Å². The van der Waals surface area contributed by atoms with Crippen LogP contribution in [0.3, 0.4) is 0 Å². The molecule has 0 aliphatic rings. The molecule has 1 aromatic heterocycles. The molecule has 0 spiro atoms. The first-order valence-corrected chi connectivity index (χ1v) is 21.5. The first-order valence-electron chi connectivity index (χ1n) is 21.5. The molecule has 0 aliphatic heterocycles. The molecular weight excluding hydrogens is 749 g/mol. The van der Waals surface area contributed by atoms with E-state index in [9.17, 15) is 0 Å². The van der Waals surface area contributed by atoms with Crippen molar-refractivity contribution < 1.29 is 4.42 Å². The molecule has 1 nitrogen and oxygen atoms in total. The number of furan rings is 1. The maximum atomic E-state index is 6.43. The Morgan fingerprint density at radius 2 is 0.823 bits per heavy atom. The standard InChI is InChI=1S/C61H38O/c1-37-13-11-18-42(33-37)52-35-44(45-30-27-41-26-25-39-16-12-17-40-28-31-51(45)59(41)57(39)40)36-53(43-29-32-56-54(34-43)46-19-9-10-24-55(46)62-56)61(52)60-49-22-7-5-20-47(49)58(38-14-3-2-4-15-38)48-21-6-8-23-50(48)60/h2-36H,1H3. The molecule has 0 unspecified atom stereocenters. The number of benzene rings is 12. The fourth-order valence-corrected chi connectivity index (χ4v) is 10.5. The highest BCUT2D eigenvalue weighted by molar-refractivity contribution is 6.27. The fraction of sp³-hybridized carbons (Fsp3) is 0.0164. The van der Waals surface area contributed by atoms with Crippen LogP contribution in [0.4, 0.5) is 0 Å². The second-order valence-electron chi connectivity index (χ2n) is 16.8. The van der Waals surface area contributed by atoms with Gasteiger partial charge in [-0.05, 0) is 147 Å². The van der Waals surface area contributed by atoms with Gasteiger partial charge in [-0.25, -0.2) is 0 Å². The van der Waals surface area contributed by atoms with Crippen LogP contribution in [0.1, 0.15) is 5.56 Å². The number of para-hydroxylation sites is 1. The Hall–Kier alpha value is -8.00. The highest BCUT2D eigenvalue weighted by atomic mass is 16.3. The van der Waals surface area contributed by atoms with Crippen molar-refractivity contribution in [3.8, 4) is 55.6 Å². The van der Waals surface area contributed by atoms with Gasteiger partial charge in [-0.1, -0.05) is 188 Å². The van der Waals surface area contributed by atoms with Gasteiger partial charge >= 0.3 is 0 Å². The Morgan fingerprint density at radius 3 is 1.53 bits per heavy atom. The Morgan fingerprint density at radius 1 is 0.274 bits per heavy atom. The summed E-state index contributed by atoms with van der Waals surface area (Å²) in [5.41, 5.74) is 15.1. The predicted octanol–water partition coefficient (Wildman–Crippen LogP) is 17.4. The average Bonchev–Trinajstić information content (AvgIpc) is 3.70. The summed E-state index contributed by atoms with van der Waals surface area (Å²) >= 11 is 0. The molecule has 0 saturated heterocycles.